The normalized spacial score (nSPS) is 11.1. The lowest BCUT2D eigenvalue weighted by Crippen LogP contribution is -1.86. The van der Waals surface area contributed by atoms with Gasteiger partial charge in [-0.2, -0.15) is 0 Å². The first-order valence-electron chi connectivity index (χ1n) is 5.35. The third-order valence-electron chi connectivity index (χ3n) is 2.41. The summed E-state index contributed by atoms with van der Waals surface area (Å²) in [5, 5.41) is 9.94. The Hall–Kier alpha value is -0.880. The molecule has 4 heteroatoms. The standard InChI is InChI=1S/C14H11BrINO/c1-9-3-2-4-12(5-9)17-8-10-6-11(15)7-13(16)14(10)18/h2-8,18H,1H3. The second kappa shape index (κ2) is 5.84. The van der Waals surface area contributed by atoms with Gasteiger partial charge < -0.3 is 5.11 Å². The van der Waals surface area contributed by atoms with Crippen molar-refractivity contribution in [2.24, 2.45) is 4.99 Å². The van der Waals surface area contributed by atoms with Gasteiger partial charge in [0.1, 0.15) is 5.75 Å². The first-order valence-corrected chi connectivity index (χ1v) is 7.22. The lowest BCUT2D eigenvalue weighted by atomic mass is 10.2. The van der Waals surface area contributed by atoms with Gasteiger partial charge in [0, 0.05) is 16.3 Å². The highest BCUT2D eigenvalue weighted by atomic mass is 127. The SMILES string of the molecule is Cc1cccc(N=Cc2cc(Br)cc(I)c2O)c1. The van der Waals surface area contributed by atoms with Crippen molar-refractivity contribution in [3.05, 3.63) is 55.6 Å². The van der Waals surface area contributed by atoms with E-state index in [2.05, 4.69) is 43.5 Å². The molecule has 0 saturated carbocycles. The molecule has 0 fully saturated rings. The molecule has 0 amide bonds. The molecular formula is C14H11BrINO. The summed E-state index contributed by atoms with van der Waals surface area (Å²) in [7, 11) is 0. The van der Waals surface area contributed by atoms with Crippen molar-refractivity contribution in [1.82, 2.24) is 0 Å². The number of hydrogen-bond acceptors (Lipinski definition) is 2. The molecule has 0 aliphatic heterocycles. The van der Waals surface area contributed by atoms with Crippen molar-refractivity contribution < 1.29 is 5.11 Å². The highest BCUT2D eigenvalue weighted by Gasteiger charge is 2.05. The molecular weight excluding hydrogens is 405 g/mol. The average Bonchev–Trinajstić information content (AvgIpc) is 2.32. The van der Waals surface area contributed by atoms with Crippen LogP contribution in [0.3, 0.4) is 0 Å². The number of aliphatic imine (C=N–C) groups is 1. The molecule has 0 heterocycles. The van der Waals surface area contributed by atoms with Crippen LogP contribution in [0.1, 0.15) is 11.1 Å². The van der Waals surface area contributed by atoms with Crippen molar-refractivity contribution in [1.29, 1.82) is 0 Å². The monoisotopic (exact) mass is 415 g/mol. The Morgan fingerprint density at radius 1 is 1.28 bits per heavy atom. The van der Waals surface area contributed by atoms with Crippen LogP contribution in [0.15, 0.2) is 45.9 Å². The van der Waals surface area contributed by atoms with Gasteiger partial charge in [0.15, 0.2) is 0 Å². The van der Waals surface area contributed by atoms with Gasteiger partial charge in [-0.1, -0.05) is 28.1 Å². The molecule has 0 spiro atoms. The molecule has 2 aromatic rings. The molecule has 1 N–H and O–H groups in total. The van der Waals surface area contributed by atoms with Crippen LogP contribution in [0, 0.1) is 10.5 Å². The third kappa shape index (κ3) is 3.32. The minimum atomic E-state index is 0.259. The van der Waals surface area contributed by atoms with Crippen LogP contribution < -0.4 is 0 Å². The van der Waals surface area contributed by atoms with Crippen molar-refractivity contribution in [2.75, 3.05) is 0 Å². The number of phenols is 1. The summed E-state index contributed by atoms with van der Waals surface area (Å²) < 4.78 is 1.73. The molecule has 0 bridgehead atoms. The Labute approximate surface area is 128 Å². The number of aromatic hydroxyl groups is 1. The summed E-state index contributed by atoms with van der Waals surface area (Å²) in [5.41, 5.74) is 2.75. The van der Waals surface area contributed by atoms with Gasteiger partial charge in [-0.15, -0.1) is 0 Å². The highest BCUT2D eigenvalue weighted by molar-refractivity contribution is 14.1. The second-order valence-corrected chi connectivity index (χ2v) is 6.00. The predicted octanol–water partition coefficient (Wildman–Crippen LogP) is 4.82. The number of nitrogens with zero attached hydrogens (tertiary/aromatic N) is 1. The topological polar surface area (TPSA) is 32.6 Å². The molecule has 18 heavy (non-hydrogen) atoms. The molecule has 0 saturated heterocycles. The Kier molecular flexibility index (Phi) is 4.40. The molecule has 0 atom stereocenters. The number of halogens is 2. The average molecular weight is 416 g/mol. The number of aryl methyl sites for hydroxylation is 1. The van der Waals surface area contributed by atoms with Crippen molar-refractivity contribution in [3.63, 3.8) is 0 Å². The molecule has 92 valence electrons. The van der Waals surface area contributed by atoms with Crippen molar-refractivity contribution in [3.8, 4) is 5.75 Å². The smallest absolute Gasteiger partial charge is 0.137 e. The predicted molar refractivity (Wildman–Crippen MR) is 87.0 cm³/mol. The zero-order valence-corrected chi connectivity index (χ0v) is 13.4. The molecule has 2 aromatic carbocycles. The van der Waals surface area contributed by atoms with Crippen molar-refractivity contribution >= 4 is 50.4 Å². The maximum Gasteiger partial charge on any atom is 0.137 e. The van der Waals surface area contributed by atoms with Crippen LogP contribution in [-0.4, -0.2) is 11.3 Å². The Morgan fingerprint density at radius 2 is 2.06 bits per heavy atom. The molecule has 0 aliphatic rings. The van der Waals surface area contributed by atoms with Gasteiger partial charge >= 0.3 is 0 Å². The third-order valence-corrected chi connectivity index (χ3v) is 3.69. The van der Waals surface area contributed by atoms with Gasteiger partial charge in [0.2, 0.25) is 0 Å². The van der Waals surface area contributed by atoms with E-state index in [1.807, 2.05) is 43.3 Å². The number of rotatable bonds is 2. The second-order valence-electron chi connectivity index (χ2n) is 3.92. The van der Waals surface area contributed by atoms with E-state index in [0.717, 1.165) is 19.3 Å². The van der Waals surface area contributed by atoms with Crippen LogP contribution in [0.5, 0.6) is 5.75 Å². The van der Waals surface area contributed by atoms with Crippen LogP contribution in [0.4, 0.5) is 5.69 Å². The van der Waals surface area contributed by atoms with Gasteiger partial charge in [0.05, 0.1) is 9.26 Å². The molecule has 0 aromatic heterocycles. The first-order chi connectivity index (χ1) is 8.56. The molecule has 2 rings (SSSR count). The van der Waals surface area contributed by atoms with Gasteiger partial charge in [-0.25, -0.2) is 0 Å². The fourth-order valence-corrected chi connectivity index (χ4v) is 3.09. The molecule has 0 radical (unpaired) electrons. The molecule has 2 nitrogen and oxygen atoms in total. The van der Waals surface area contributed by atoms with Crippen LogP contribution in [0.25, 0.3) is 0 Å². The Morgan fingerprint density at radius 3 is 2.78 bits per heavy atom. The number of benzene rings is 2. The van der Waals surface area contributed by atoms with E-state index in [1.54, 1.807) is 6.21 Å². The van der Waals surface area contributed by atoms with E-state index in [-0.39, 0.29) is 5.75 Å². The lowest BCUT2D eigenvalue weighted by Gasteiger charge is -2.03. The number of hydrogen-bond donors (Lipinski definition) is 1. The molecule has 0 aliphatic carbocycles. The summed E-state index contributed by atoms with van der Waals surface area (Å²) in [5.74, 6) is 0.259. The maximum atomic E-state index is 9.94. The van der Waals surface area contributed by atoms with Gasteiger partial charge in [0.25, 0.3) is 0 Å². The van der Waals surface area contributed by atoms with Crippen LogP contribution >= 0.6 is 38.5 Å². The largest absolute Gasteiger partial charge is 0.506 e. The maximum absolute atomic E-state index is 9.94. The Bertz CT molecular complexity index is 611. The first kappa shape index (κ1) is 13.5. The quantitative estimate of drug-likeness (QED) is 0.553. The van der Waals surface area contributed by atoms with Crippen LogP contribution in [-0.2, 0) is 0 Å². The summed E-state index contributed by atoms with van der Waals surface area (Å²) >= 11 is 5.50. The summed E-state index contributed by atoms with van der Waals surface area (Å²) in [4.78, 5) is 4.37. The van der Waals surface area contributed by atoms with E-state index in [4.69, 9.17) is 0 Å². The summed E-state index contributed by atoms with van der Waals surface area (Å²) in [6.07, 6.45) is 1.68. The minimum absolute atomic E-state index is 0.259. The fraction of sp³-hybridized carbons (Fsp3) is 0.0714. The zero-order chi connectivity index (χ0) is 13.1. The lowest BCUT2D eigenvalue weighted by molar-refractivity contribution is 0.470. The number of phenolic OH excluding ortho intramolecular Hbond substituents is 1. The van der Waals surface area contributed by atoms with Gasteiger partial charge in [-0.05, 0) is 59.3 Å². The van der Waals surface area contributed by atoms with E-state index in [0.29, 0.717) is 5.56 Å². The fourth-order valence-electron chi connectivity index (χ4n) is 1.54. The zero-order valence-electron chi connectivity index (χ0n) is 9.69. The van der Waals surface area contributed by atoms with E-state index < -0.39 is 0 Å². The van der Waals surface area contributed by atoms with Gasteiger partial charge in [-0.3, -0.25) is 4.99 Å². The van der Waals surface area contributed by atoms with E-state index in [1.165, 1.54) is 0 Å². The van der Waals surface area contributed by atoms with Crippen molar-refractivity contribution in [2.45, 2.75) is 6.92 Å². The van der Waals surface area contributed by atoms with E-state index >= 15 is 0 Å². The van der Waals surface area contributed by atoms with Crippen LogP contribution in [0.2, 0.25) is 0 Å². The van der Waals surface area contributed by atoms with E-state index in [9.17, 15) is 5.11 Å². The highest BCUT2D eigenvalue weighted by Crippen LogP contribution is 2.28. The minimum Gasteiger partial charge on any atom is -0.506 e. The summed E-state index contributed by atoms with van der Waals surface area (Å²) in [6, 6.07) is 11.6. The Balaban J connectivity index is 2.34. The molecule has 0 unspecified atom stereocenters. The summed E-state index contributed by atoms with van der Waals surface area (Å²) in [6.45, 7) is 2.03.